The lowest BCUT2D eigenvalue weighted by Crippen LogP contribution is -2.00. The molecule has 0 atom stereocenters. The van der Waals surface area contributed by atoms with Crippen LogP contribution in [0.5, 0.6) is 5.75 Å². The summed E-state index contributed by atoms with van der Waals surface area (Å²) < 4.78 is 7.49. The minimum Gasteiger partial charge on any atom is -0.489 e. The maximum atomic E-state index is 8.89. The van der Waals surface area contributed by atoms with Crippen molar-refractivity contribution in [3.05, 3.63) is 77.6 Å². The van der Waals surface area contributed by atoms with Crippen LogP contribution in [0.25, 0.3) is 5.69 Å². The fraction of sp³-hybridized carbons (Fsp3) is 0.111. The van der Waals surface area contributed by atoms with Gasteiger partial charge in [-0.3, -0.25) is 0 Å². The molecule has 2 aromatic carbocycles. The zero-order chi connectivity index (χ0) is 15.4. The highest BCUT2D eigenvalue weighted by atomic mass is 16.5. The summed E-state index contributed by atoms with van der Waals surface area (Å²) >= 11 is 0. The van der Waals surface area contributed by atoms with Crippen molar-refractivity contribution in [1.29, 1.82) is 5.26 Å². The van der Waals surface area contributed by atoms with Crippen LogP contribution in [0.3, 0.4) is 0 Å². The number of benzene rings is 2. The average Bonchev–Trinajstić information content (AvgIpc) is 3.03. The highest BCUT2D eigenvalue weighted by molar-refractivity contribution is 5.40. The van der Waals surface area contributed by atoms with E-state index in [2.05, 4.69) is 17.2 Å². The fourth-order valence-electron chi connectivity index (χ4n) is 2.26. The number of rotatable bonds is 4. The van der Waals surface area contributed by atoms with Crippen LogP contribution in [0, 0.1) is 18.3 Å². The molecule has 0 saturated carbocycles. The van der Waals surface area contributed by atoms with Gasteiger partial charge in [0, 0.05) is 6.20 Å². The maximum Gasteiger partial charge on any atom is 0.119 e. The molecule has 1 heterocycles. The van der Waals surface area contributed by atoms with Gasteiger partial charge < -0.3 is 4.74 Å². The van der Waals surface area contributed by atoms with Gasteiger partial charge in [-0.05, 0) is 42.3 Å². The van der Waals surface area contributed by atoms with Crippen molar-refractivity contribution in [1.82, 2.24) is 9.78 Å². The molecule has 0 fully saturated rings. The Morgan fingerprint density at radius 2 is 2.00 bits per heavy atom. The van der Waals surface area contributed by atoms with Gasteiger partial charge in [-0.25, -0.2) is 4.68 Å². The van der Waals surface area contributed by atoms with E-state index in [0.717, 1.165) is 22.6 Å². The van der Waals surface area contributed by atoms with Crippen LogP contribution < -0.4 is 4.74 Å². The molecule has 0 aliphatic carbocycles. The molecular weight excluding hydrogens is 274 g/mol. The van der Waals surface area contributed by atoms with Crippen molar-refractivity contribution in [2.75, 3.05) is 0 Å². The molecule has 22 heavy (non-hydrogen) atoms. The second-order valence-electron chi connectivity index (χ2n) is 5.06. The van der Waals surface area contributed by atoms with E-state index >= 15 is 0 Å². The Labute approximate surface area is 129 Å². The van der Waals surface area contributed by atoms with E-state index in [1.165, 1.54) is 0 Å². The quantitative estimate of drug-likeness (QED) is 0.737. The van der Waals surface area contributed by atoms with Crippen molar-refractivity contribution in [2.45, 2.75) is 13.5 Å². The summed E-state index contributed by atoms with van der Waals surface area (Å²) in [6.07, 6.45) is 3.28. The van der Waals surface area contributed by atoms with Gasteiger partial charge >= 0.3 is 0 Å². The molecule has 4 nitrogen and oxygen atoms in total. The van der Waals surface area contributed by atoms with Gasteiger partial charge in [0.05, 0.1) is 17.4 Å². The predicted molar refractivity (Wildman–Crippen MR) is 83.8 cm³/mol. The molecule has 0 amide bonds. The first-order valence-corrected chi connectivity index (χ1v) is 6.98. The Hall–Kier alpha value is -3.06. The van der Waals surface area contributed by atoms with Crippen LogP contribution in [0.4, 0.5) is 0 Å². The third-order valence-corrected chi connectivity index (χ3v) is 3.25. The number of hydrogen-bond donors (Lipinski definition) is 0. The van der Waals surface area contributed by atoms with Gasteiger partial charge in [0.15, 0.2) is 0 Å². The highest BCUT2D eigenvalue weighted by Gasteiger charge is 2.04. The molecular formula is C18H15N3O. The monoisotopic (exact) mass is 289 g/mol. The molecule has 0 aliphatic heterocycles. The number of ether oxygens (including phenoxy) is 1. The van der Waals surface area contributed by atoms with Crippen LogP contribution in [0.2, 0.25) is 0 Å². The molecule has 0 radical (unpaired) electrons. The molecule has 1 aromatic heterocycles. The third-order valence-electron chi connectivity index (χ3n) is 3.25. The number of hydrogen-bond acceptors (Lipinski definition) is 3. The summed E-state index contributed by atoms with van der Waals surface area (Å²) in [6, 6.07) is 17.9. The lowest BCUT2D eigenvalue weighted by atomic mass is 10.1. The molecule has 4 heteroatoms. The molecule has 0 N–H and O–H groups in total. The lowest BCUT2D eigenvalue weighted by molar-refractivity contribution is 0.306. The Balaban J connectivity index is 1.82. The van der Waals surface area contributed by atoms with E-state index in [0.29, 0.717) is 12.2 Å². The van der Waals surface area contributed by atoms with Crippen molar-refractivity contribution in [3.63, 3.8) is 0 Å². The van der Waals surface area contributed by atoms with E-state index in [4.69, 9.17) is 10.00 Å². The second kappa shape index (κ2) is 6.15. The van der Waals surface area contributed by atoms with Gasteiger partial charge in [-0.2, -0.15) is 10.4 Å². The highest BCUT2D eigenvalue weighted by Crippen LogP contribution is 2.17. The minimum atomic E-state index is 0.491. The number of aryl methyl sites for hydroxylation is 1. The summed E-state index contributed by atoms with van der Waals surface area (Å²) in [5.41, 5.74) is 3.66. The molecule has 108 valence electrons. The van der Waals surface area contributed by atoms with Crippen LogP contribution in [-0.2, 0) is 6.61 Å². The van der Waals surface area contributed by atoms with Crippen molar-refractivity contribution in [2.24, 2.45) is 0 Å². The van der Waals surface area contributed by atoms with Crippen molar-refractivity contribution >= 4 is 0 Å². The van der Waals surface area contributed by atoms with Crippen molar-refractivity contribution < 1.29 is 4.74 Å². The smallest absolute Gasteiger partial charge is 0.119 e. The summed E-state index contributed by atoms with van der Waals surface area (Å²) in [4.78, 5) is 0. The van der Waals surface area contributed by atoms with Crippen LogP contribution >= 0.6 is 0 Å². The average molecular weight is 289 g/mol. The summed E-state index contributed by atoms with van der Waals surface area (Å²) in [6.45, 7) is 2.52. The first kappa shape index (κ1) is 13.9. The van der Waals surface area contributed by atoms with E-state index in [1.807, 2.05) is 49.4 Å². The standard InChI is InChI=1S/C18H15N3O/c1-14-7-15(13-22-18-5-3-2-4-6-18)9-17(8-14)21-12-16(10-19)11-20-21/h2-9,11-12H,13H2,1H3. The van der Waals surface area contributed by atoms with E-state index in [9.17, 15) is 0 Å². The zero-order valence-electron chi connectivity index (χ0n) is 12.2. The Kier molecular flexibility index (Phi) is 3.88. The molecule has 3 rings (SSSR count). The number of aromatic nitrogens is 2. The molecule has 0 bridgehead atoms. The Morgan fingerprint density at radius 3 is 2.73 bits per heavy atom. The van der Waals surface area contributed by atoms with Gasteiger partial charge in [-0.15, -0.1) is 0 Å². The van der Waals surface area contributed by atoms with Crippen LogP contribution in [0.15, 0.2) is 60.9 Å². The first-order valence-electron chi connectivity index (χ1n) is 6.98. The summed E-state index contributed by atoms with van der Waals surface area (Å²) in [5.74, 6) is 0.844. The van der Waals surface area contributed by atoms with E-state index in [1.54, 1.807) is 17.1 Å². The molecule has 3 aromatic rings. The first-order chi connectivity index (χ1) is 10.7. The lowest BCUT2D eigenvalue weighted by Gasteiger charge is -2.09. The normalized spacial score (nSPS) is 10.2. The maximum absolute atomic E-state index is 8.89. The summed E-state index contributed by atoms with van der Waals surface area (Å²) in [7, 11) is 0. The van der Waals surface area contributed by atoms with E-state index < -0.39 is 0 Å². The molecule has 0 aliphatic rings. The van der Waals surface area contributed by atoms with Gasteiger partial charge in [0.1, 0.15) is 18.4 Å². The third kappa shape index (κ3) is 3.15. The SMILES string of the molecule is Cc1cc(COc2ccccc2)cc(-n2cc(C#N)cn2)c1. The number of nitrogens with zero attached hydrogens (tertiary/aromatic N) is 3. The minimum absolute atomic E-state index is 0.491. The van der Waals surface area contributed by atoms with Crippen LogP contribution in [0.1, 0.15) is 16.7 Å². The van der Waals surface area contributed by atoms with E-state index in [-0.39, 0.29) is 0 Å². The zero-order valence-corrected chi connectivity index (χ0v) is 12.2. The molecule has 0 spiro atoms. The largest absolute Gasteiger partial charge is 0.489 e. The molecule has 0 unspecified atom stereocenters. The Bertz CT molecular complexity index is 816. The topological polar surface area (TPSA) is 50.8 Å². The van der Waals surface area contributed by atoms with Gasteiger partial charge in [-0.1, -0.05) is 24.3 Å². The Morgan fingerprint density at radius 1 is 1.18 bits per heavy atom. The predicted octanol–water partition coefficient (Wildman–Crippen LogP) is 3.63. The van der Waals surface area contributed by atoms with Gasteiger partial charge in [0.25, 0.3) is 0 Å². The van der Waals surface area contributed by atoms with Crippen LogP contribution in [-0.4, -0.2) is 9.78 Å². The van der Waals surface area contributed by atoms with Gasteiger partial charge in [0.2, 0.25) is 0 Å². The summed E-state index contributed by atoms with van der Waals surface area (Å²) in [5, 5.41) is 13.1. The number of nitriles is 1. The number of para-hydroxylation sites is 1. The second-order valence-corrected chi connectivity index (χ2v) is 5.06. The molecule has 0 saturated heterocycles. The van der Waals surface area contributed by atoms with Crippen molar-refractivity contribution in [3.8, 4) is 17.5 Å². The fourth-order valence-corrected chi connectivity index (χ4v) is 2.26.